The molecule has 5 heteroatoms. The highest BCUT2D eigenvalue weighted by Crippen LogP contribution is 2.32. The van der Waals surface area contributed by atoms with Gasteiger partial charge in [-0.05, 0) is 15.9 Å². The molecule has 1 saturated heterocycles. The van der Waals surface area contributed by atoms with E-state index < -0.39 is 0 Å². The zero-order valence-electron chi connectivity index (χ0n) is 8.28. The van der Waals surface area contributed by atoms with Gasteiger partial charge in [0, 0.05) is 31.1 Å². The zero-order chi connectivity index (χ0) is 11.7. The van der Waals surface area contributed by atoms with Crippen LogP contribution in [0.5, 0.6) is 0 Å². The molecule has 0 aromatic carbocycles. The number of aromatic nitrogens is 1. The molecule has 1 aliphatic rings. The third-order valence-electron chi connectivity index (χ3n) is 2.45. The highest BCUT2D eigenvalue weighted by molar-refractivity contribution is 9.10. The van der Waals surface area contributed by atoms with Crippen molar-refractivity contribution < 1.29 is 4.79 Å². The fourth-order valence-corrected chi connectivity index (χ4v) is 2.25. The smallest absolute Gasteiger partial charge is 0.228 e. The lowest BCUT2D eigenvalue weighted by Crippen LogP contribution is -2.24. The number of amides is 1. The molecule has 1 atom stereocenters. The van der Waals surface area contributed by atoms with Gasteiger partial charge in [-0.3, -0.25) is 4.79 Å². The summed E-state index contributed by atoms with van der Waals surface area (Å²) in [5.41, 5.74) is 0.725. The van der Waals surface area contributed by atoms with Gasteiger partial charge in [-0.1, -0.05) is 11.6 Å². The highest BCUT2D eigenvalue weighted by atomic mass is 79.9. The van der Waals surface area contributed by atoms with E-state index in [4.69, 9.17) is 18.0 Å². The molecule has 1 fully saturated rings. The molecule has 1 aromatic rings. The predicted molar refractivity (Wildman–Crippen MR) is 66.2 cm³/mol. The van der Waals surface area contributed by atoms with Crippen molar-refractivity contribution in [1.82, 2.24) is 4.98 Å². The van der Waals surface area contributed by atoms with Crippen molar-refractivity contribution >= 4 is 39.1 Å². The number of carbonyl (C=O) groups is 1. The first-order valence-corrected chi connectivity index (χ1v) is 5.86. The number of halogens is 2. The van der Waals surface area contributed by atoms with Crippen LogP contribution in [-0.4, -0.2) is 17.4 Å². The second kappa shape index (κ2) is 4.44. The van der Waals surface area contributed by atoms with Crippen LogP contribution in [0.25, 0.3) is 0 Å². The van der Waals surface area contributed by atoms with Crippen LogP contribution in [0.1, 0.15) is 6.42 Å². The molecule has 82 valence electrons. The Labute approximate surface area is 107 Å². The van der Waals surface area contributed by atoms with Crippen LogP contribution in [0.4, 0.5) is 5.69 Å². The maximum atomic E-state index is 11.8. The van der Waals surface area contributed by atoms with Crippen LogP contribution >= 0.6 is 27.5 Å². The Morgan fingerprint density at radius 3 is 3.06 bits per heavy atom. The Kier molecular flexibility index (Phi) is 3.17. The maximum absolute atomic E-state index is 11.8. The topological polar surface area (TPSA) is 33.2 Å². The van der Waals surface area contributed by atoms with Crippen molar-refractivity contribution in [2.24, 2.45) is 5.92 Å². The molecular formula is C11H8BrClN2O. The predicted octanol–water partition coefficient (Wildman–Crippen LogP) is 2.48. The summed E-state index contributed by atoms with van der Waals surface area (Å²) in [6, 6.07) is 1.66. The van der Waals surface area contributed by atoms with Crippen LogP contribution in [0, 0.1) is 18.3 Å². The van der Waals surface area contributed by atoms with E-state index in [1.54, 1.807) is 17.2 Å². The molecule has 0 aliphatic carbocycles. The molecule has 2 rings (SSSR count). The number of rotatable bonds is 1. The number of hydrogen-bond acceptors (Lipinski definition) is 2. The van der Waals surface area contributed by atoms with Crippen molar-refractivity contribution in [3.63, 3.8) is 0 Å². The standard InChI is InChI=1S/C11H8BrClN2O/c1-2-7-3-11(16)15(6-7)9-4-10(13)14-5-8(9)12/h1,4-5,7H,3,6H2. The van der Waals surface area contributed by atoms with Crippen molar-refractivity contribution in [3.8, 4) is 12.3 Å². The molecule has 1 unspecified atom stereocenters. The first-order valence-electron chi connectivity index (χ1n) is 4.69. The molecule has 2 heterocycles. The number of carbonyl (C=O) groups excluding carboxylic acids is 1. The second-order valence-electron chi connectivity index (χ2n) is 3.53. The summed E-state index contributed by atoms with van der Waals surface area (Å²) in [5, 5.41) is 0.357. The molecule has 1 aliphatic heterocycles. The van der Waals surface area contributed by atoms with Crippen LogP contribution < -0.4 is 4.90 Å². The molecule has 0 saturated carbocycles. The molecule has 0 radical (unpaired) electrons. The first-order chi connectivity index (χ1) is 7.61. The van der Waals surface area contributed by atoms with E-state index in [1.807, 2.05) is 0 Å². The monoisotopic (exact) mass is 298 g/mol. The van der Waals surface area contributed by atoms with E-state index in [1.165, 1.54) is 0 Å². The minimum atomic E-state index is -0.0219. The number of pyridine rings is 1. The summed E-state index contributed by atoms with van der Waals surface area (Å²) >= 11 is 9.15. The van der Waals surface area contributed by atoms with Crippen molar-refractivity contribution in [3.05, 3.63) is 21.9 Å². The molecular weight excluding hydrogens is 291 g/mol. The lowest BCUT2D eigenvalue weighted by Gasteiger charge is -2.17. The van der Waals surface area contributed by atoms with Gasteiger partial charge in [0.25, 0.3) is 0 Å². The van der Waals surface area contributed by atoms with E-state index in [0.29, 0.717) is 18.1 Å². The Morgan fingerprint density at radius 2 is 2.44 bits per heavy atom. The summed E-state index contributed by atoms with van der Waals surface area (Å²) in [4.78, 5) is 17.3. The number of anilines is 1. The average molecular weight is 300 g/mol. The van der Waals surface area contributed by atoms with Gasteiger partial charge in [0.1, 0.15) is 5.15 Å². The van der Waals surface area contributed by atoms with Gasteiger partial charge >= 0.3 is 0 Å². The normalized spacial score (nSPS) is 19.9. The van der Waals surface area contributed by atoms with E-state index in [9.17, 15) is 4.79 Å². The fraction of sp³-hybridized carbons (Fsp3) is 0.273. The van der Waals surface area contributed by atoms with Gasteiger partial charge in [0.05, 0.1) is 10.2 Å². The fourth-order valence-electron chi connectivity index (χ4n) is 1.66. The molecule has 0 spiro atoms. The summed E-state index contributed by atoms with van der Waals surface area (Å²) in [5.74, 6) is 2.60. The molecule has 3 nitrogen and oxygen atoms in total. The Bertz CT molecular complexity index is 483. The molecule has 0 N–H and O–H groups in total. The van der Waals surface area contributed by atoms with Crippen molar-refractivity contribution in [2.45, 2.75) is 6.42 Å². The second-order valence-corrected chi connectivity index (χ2v) is 4.77. The van der Waals surface area contributed by atoms with Gasteiger partial charge in [0.2, 0.25) is 5.91 Å². The van der Waals surface area contributed by atoms with Gasteiger partial charge in [-0.25, -0.2) is 4.98 Å². The SMILES string of the molecule is C#CC1CC(=O)N(c2cc(Cl)ncc2Br)C1. The third-order valence-corrected chi connectivity index (χ3v) is 3.27. The van der Waals surface area contributed by atoms with Gasteiger partial charge in [-0.15, -0.1) is 12.3 Å². The number of hydrogen-bond donors (Lipinski definition) is 0. The Morgan fingerprint density at radius 1 is 1.69 bits per heavy atom. The highest BCUT2D eigenvalue weighted by Gasteiger charge is 2.30. The summed E-state index contributed by atoms with van der Waals surface area (Å²) < 4.78 is 0.739. The minimum Gasteiger partial charge on any atom is -0.310 e. The average Bonchev–Trinajstić information content (AvgIpc) is 2.63. The Hall–Kier alpha value is -1.05. The molecule has 16 heavy (non-hydrogen) atoms. The quantitative estimate of drug-likeness (QED) is 0.589. The lowest BCUT2D eigenvalue weighted by molar-refractivity contribution is -0.117. The van der Waals surface area contributed by atoms with Crippen LogP contribution in [0.15, 0.2) is 16.7 Å². The molecule has 1 amide bonds. The largest absolute Gasteiger partial charge is 0.310 e. The zero-order valence-corrected chi connectivity index (χ0v) is 10.6. The van der Waals surface area contributed by atoms with Crippen molar-refractivity contribution in [2.75, 3.05) is 11.4 Å². The molecule has 0 bridgehead atoms. The summed E-state index contributed by atoms with van der Waals surface area (Å²) in [7, 11) is 0. The van der Waals surface area contributed by atoms with Gasteiger partial charge in [-0.2, -0.15) is 0 Å². The minimum absolute atomic E-state index is 0.0194. The summed E-state index contributed by atoms with van der Waals surface area (Å²) in [6.45, 7) is 0.536. The Balaban J connectivity index is 2.35. The van der Waals surface area contributed by atoms with Crippen LogP contribution in [0.3, 0.4) is 0 Å². The van der Waals surface area contributed by atoms with Gasteiger partial charge in [0.15, 0.2) is 0 Å². The number of nitrogens with zero attached hydrogens (tertiary/aromatic N) is 2. The third kappa shape index (κ3) is 2.06. The van der Waals surface area contributed by atoms with Crippen molar-refractivity contribution in [1.29, 1.82) is 0 Å². The first kappa shape index (κ1) is 11.4. The molecule has 1 aromatic heterocycles. The summed E-state index contributed by atoms with van der Waals surface area (Å²) in [6.07, 6.45) is 7.29. The van der Waals surface area contributed by atoms with E-state index in [-0.39, 0.29) is 11.8 Å². The van der Waals surface area contributed by atoms with E-state index in [0.717, 1.165) is 10.2 Å². The van der Waals surface area contributed by atoms with E-state index >= 15 is 0 Å². The van der Waals surface area contributed by atoms with E-state index in [2.05, 4.69) is 26.8 Å². The number of terminal acetylenes is 1. The van der Waals surface area contributed by atoms with Crippen LogP contribution in [-0.2, 0) is 4.79 Å². The van der Waals surface area contributed by atoms with Gasteiger partial charge < -0.3 is 4.90 Å². The lowest BCUT2D eigenvalue weighted by atomic mass is 10.1. The van der Waals surface area contributed by atoms with Crippen LogP contribution in [0.2, 0.25) is 5.15 Å². The maximum Gasteiger partial charge on any atom is 0.228 e.